The quantitative estimate of drug-likeness (QED) is 0.676. The summed E-state index contributed by atoms with van der Waals surface area (Å²) < 4.78 is 6.42. The van der Waals surface area contributed by atoms with Crippen molar-refractivity contribution in [2.75, 3.05) is 19.0 Å². The number of thiazole rings is 1. The van der Waals surface area contributed by atoms with Crippen molar-refractivity contribution in [1.82, 2.24) is 9.88 Å². The maximum atomic E-state index is 13.1. The molecule has 140 valence electrons. The number of benzene rings is 2. The zero-order chi connectivity index (χ0) is 18.6. The van der Waals surface area contributed by atoms with Gasteiger partial charge in [-0.15, -0.1) is 11.3 Å². The number of para-hydroxylation sites is 2. The third-order valence-corrected chi connectivity index (χ3v) is 6.06. The van der Waals surface area contributed by atoms with Crippen LogP contribution in [0.15, 0.2) is 48.5 Å². The lowest BCUT2D eigenvalue weighted by Crippen LogP contribution is -2.41. The van der Waals surface area contributed by atoms with Gasteiger partial charge in [-0.3, -0.25) is 0 Å². The topological polar surface area (TPSA) is 54.5 Å². The van der Waals surface area contributed by atoms with Gasteiger partial charge in [0, 0.05) is 24.9 Å². The molecule has 0 aliphatic carbocycles. The first-order chi connectivity index (χ1) is 13.3. The average Bonchev–Trinajstić information content (AvgIpc) is 3.14. The number of hydrogen-bond acceptors (Lipinski definition) is 4. The fourth-order valence-corrected chi connectivity index (χ4v) is 4.69. The Balaban J connectivity index is 1.58. The van der Waals surface area contributed by atoms with E-state index in [4.69, 9.17) is 9.72 Å². The third-order valence-electron chi connectivity index (χ3n) is 4.92. The Hall–Kier alpha value is -2.44. The van der Waals surface area contributed by atoms with E-state index >= 15 is 0 Å². The molecule has 2 aromatic carbocycles. The van der Waals surface area contributed by atoms with E-state index in [2.05, 4.69) is 11.4 Å². The summed E-state index contributed by atoms with van der Waals surface area (Å²) in [6.45, 7) is 1.22. The molecule has 1 atom stereocenters. The minimum Gasteiger partial charge on any atom is -0.380 e. The van der Waals surface area contributed by atoms with Crippen molar-refractivity contribution in [1.29, 1.82) is 0 Å². The number of piperidine rings is 1. The van der Waals surface area contributed by atoms with Gasteiger partial charge in [0.25, 0.3) is 0 Å². The van der Waals surface area contributed by atoms with Crippen LogP contribution in [0, 0.1) is 0 Å². The van der Waals surface area contributed by atoms with Crippen molar-refractivity contribution in [2.24, 2.45) is 0 Å². The molecule has 0 saturated carbocycles. The number of carbonyl (C=O) groups excluding carboxylic acids is 1. The number of aromatic nitrogens is 1. The summed E-state index contributed by atoms with van der Waals surface area (Å²) in [6, 6.07) is 15.9. The molecule has 0 radical (unpaired) electrons. The number of ether oxygens (including phenoxy) is 1. The zero-order valence-corrected chi connectivity index (χ0v) is 16.2. The highest BCUT2D eigenvalue weighted by atomic mass is 32.1. The van der Waals surface area contributed by atoms with Crippen LogP contribution >= 0.6 is 11.3 Å². The van der Waals surface area contributed by atoms with Gasteiger partial charge in [0.15, 0.2) is 0 Å². The molecule has 0 unspecified atom stereocenters. The fraction of sp³-hybridized carbons (Fsp3) is 0.333. The Morgan fingerprint density at radius 2 is 2.04 bits per heavy atom. The van der Waals surface area contributed by atoms with Crippen molar-refractivity contribution in [3.05, 3.63) is 59.1 Å². The average molecular weight is 382 g/mol. The van der Waals surface area contributed by atoms with Gasteiger partial charge in [-0.05, 0) is 37.5 Å². The van der Waals surface area contributed by atoms with E-state index in [1.54, 1.807) is 18.4 Å². The molecule has 1 N–H and O–H groups in total. The normalized spacial score (nSPS) is 17.2. The van der Waals surface area contributed by atoms with Crippen LogP contribution in [0.1, 0.15) is 35.9 Å². The molecule has 1 fully saturated rings. The summed E-state index contributed by atoms with van der Waals surface area (Å²) in [5.74, 6) is 0. The second-order valence-corrected chi connectivity index (χ2v) is 7.81. The van der Waals surface area contributed by atoms with E-state index in [-0.39, 0.29) is 12.1 Å². The van der Waals surface area contributed by atoms with Crippen molar-refractivity contribution < 1.29 is 9.53 Å². The van der Waals surface area contributed by atoms with Crippen LogP contribution in [0.5, 0.6) is 0 Å². The molecule has 5 nitrogen and oxygen atoms in total. The number of methoxy groups -OCH3 is 1. The van der Waals surface area contributed by atoms with Crippen LogP contribution in [-0.4, -0.2) is 29.6 Å². The number of amides is 2. The molecule has 2 amide bonds. The number of nitrogens with zero attached hydrogens (tertiary/aromatic N) is 2. The molecule has 1 saturated heterocycles. The molecule has 6 heteroatoms. The third kappa shape index (κ3) is 3.82. The predicted octanol–water partition coefficient (Wildman–Crippen LogP) is 5.20. The Kier molecular flexibility index (Phi) is 5.36. The van der Waals surface area contributed by atoms with Gasteiger partial charge < -0.3 is 15.0 Å². The second kappa shape index (κ2) is 8.06. The largest absolute Gasteiger partial charge is 0.380 e. The number of fused-ring (bicyclic) bond motifs is 1. The standard InChI is InChI=1S/C21H23N3O2S/c1-26-14-15-8-2-3-9-16(15)23-21(25)24-13-7-6-11-18(24)20-22-17-10-4-5-12-19(17)27-20/h2-5,8-10,12,18H,6-7,11,13-14H2,1H3,(H,23,25)/t18-/m1/s1. The highest BCUT2D eigenvalue weighted by Crippen LogP contribution is 2.36. The number of anilines is 1. The number of likely N-dealkylation sites (tertiary alicyclic amines) is 1. The molecule has 27 heavy (non-hydrogen) atoms. The Labute approximate surface area is 163 Å². The van der Waals surface area contributed by atoms with E-state index in [9.17, 15) is 4.79 Å². The van der Waals surface area contributed by atoms with Gasteiger partial charge in [0.1, 0.15) is 5.01 Å². The fourth-order valence-electron chi connectivity index (χ4n) is 3.57. The molecule has 1 aliphatic rings. The summed E-state index contributed by atoms with van der Waals surface area (Å²) in [7, 11) is 1.66. The lowest BCUT2D eigenvalue weighted by Gasteiger charge is -2.34. The smallest absolute Gasteiger partial charge is 0.322 e. The summed E-state index contributed by atoms with van der Waals surface area (Å²) in [6.07, 6.45) is 3.09. The SMILES string of the molecule is COCc1ccccc1NC(=O)N1CCCC[C@@H]1c1nc2ccccc2s1. The van der Waals surface area contributed by atoms with Crippen LogP contribution in [0.4, 0.5) is 10.5 Å². The first-order valence-electron chi connectivity index (χ1n) is 9.26. The minimum absolute atomic E-state index is 0.0331. The summed E-state index contributed by atoms with van der Waals surface area (Å²) >= 11 is 1.69. The van der Waals surface area contributed by atoms with E-state index in [1.165, 1.54) is 4.70 Å². The molecular formula is C21H23N3O2S. The maximum Gasteiger partial charge on any atom is 0.322 e. The van der Waals surface area contributed by atoms with E-state index in [0.29, 0.717) is 6.61 Å². The Bertz CT molecular complexity index is 907. The van der Waals surface area contributed by atoms with Crippen LogP contribution in [0.2, 0.25) is 0 Å². The van der Waals surface area contributed by atoms with Gasteiger partial charge in [0.2, 0.25) is 0 Å². The van der Waals surface area contributed by atoms with Gasteiger partial charge >= 0.3 is 6.03 Å². The van der Waals surface area contributed by atoms with Crippen molar-refractivity contribution in [3.8, 4) is 0 Å². The molecule has 1 aliphatic heterocycles. The number of carbonyl (C=O) groups is 1. The molecule has 0 spiro atoms. The van der Waals surface area contributed by atoms with Crippen molar-refractivity contribution >= 4 is 33.3 Å². The Morgan fingerprint density at radius 1 is 1.22 bits per heavy atom. The van der Waals surface area contributed by atoms with Gasteiger partial charge in [-0.25, -0.2) is 9.78 Å². The van der Waals surface area contributed by atoms with Crippen LogP contribution < -0.4 is 5.32 Å². The Morgan fingerprint density at radius 3 is 2.89 bits per heavy atom. The molecule has 4 rings (SSSR count). The van der Waals surface area contributed by atoms with Gasteiger partial charge in [-0.1, -0.05) is 30.3 Å². The van der Waals surface area contributed by atoms with Gasteiger partial charge in [0.05, 0.1) is 22.9 Å². The number of urea groups is 1. The lowest BCUT2D eigenvalue weighted by atomic mass is 10.0. The van der Waals surface area contributed by atoms with E-state index < -0.39 is 0 Å². The first-order valence-corrected chi connectivity index (χ1v) is 10.1. The van der Waals surface area contributed by atoms with Crippen molar-refractivity contribution in [2.45, 2.75) is 31.9 Å². The highest BCUT2D eigenvalue weighted by Gasteiger charge is 2.30. The lowest BCUT2D eigenvalue weighted by molar-refractivity contribution is 0.163. The van der Waals surface area contributed by atoms with Crippen molar-refractivity contribution in [3.63, 3.8) is 0 Å². The van der Waals surface area contributed by atoms with Crippen LogP contribution in [-0.2, 0) is 11.3 Å². The predicted molar refractivity (Wildman–Crippen MR) is 109 cm³/mol. The summed E-state index contributed by atoms with van der Waals surface area (Å²) in [5, 5.41) is 4.11. The minimum atomic E-state index is -0.0671. The first kappa shape index (κ1) is 17.9. The van der Waals surface area contributed by atoms with E-state index in [1.807, 2.05) is 47.4 Å². The van der Waals surface area contributed by atoms with Gasteiger partial charge in [-0.2, -0.15) is 0 Å². The molecule has 0 bridgehead atoms. The highest BCUT2D eigenvalue weighted by molar-refractivity contribution is 7.18. The molecule has 2 heterocycles. The summed E-state index contributed by atoms with van der Waals surface area (Å²) in [4.78, 5) is 19.8. The molecule has 3 aromatic rings. The monoisotopic (exact) mass is 381 g/mol. The number of rotatable bonds is 4. The van der Waals surface area contributed by atoms with E-state index in [0.717, 1.165) is 47.6 Å². The molecule has 1 aromatic heterocycles. The number of hydrogen-bond donors (Lipinski definition) is 1. The molecular weight excluding hydrogens is 358 g/mol. The van der Waals surface area contributed by atoms with Crippen LogP contribution in [0.25, 0.3) is 10.2 Å². The zero-order valence-electron chi connectivity index (χ0n) is 15.4. The second-order valence-electron chi connectivity index (χ2n) is 6.75. The summed E-state index contributed by atoms with van der Waals surface area (Å²) in [5.41, 5.74) is 2.79. The maximum absolute atomic E-state index is 13.1. The van der Waals surface area contributed by atoms with Crippen LogP contribution in [0.3, 0.4) is 0 Å². The number of nitrogens with one attached hydrogen (secondary N) is 1.